The summed E-state index contributed by atoms with van der Waals surface area (Å²) in [5.41, 5.74) is 6.91. The molecule has 86 valence electrons. The molecule has 3 N–H and O–H groups in total. The highest BCUT2D eigenvalue weighted by molar-refractivity contribution is 5.76. The van der Waals surface area contributed by atoms with E-state index in [9.17, 15) is 4.79 Å². The number of amides is 1. The molecule has 1 aliphatic rings. The van der Waals surface area contributed by atoms with Crippen molar-refractivity contribution in [1.29, 1.82) is 0 Å². The van der Waals surface area contributed by atoms with Crippen LogP contribution in [0.1, 0.15) is 24.8 Å². The molecule has 1 fully saturated rings. The van der Waals surface area contributed by atoms with Crippen LogP contribution in [-0.2, 0) is 11.2 Å². The molecule has 0 spiro atoms. The van der Waals surface area contributed by atoms with Crippen LogP contribution in [0.4, 0.5) is 0 Å². The lowest BCUT2D eigenvalue weighted by molar-refractivity contribution is -0.121. The normalized spacial score (nSPS) is 22.8. The summed E-state index contributed by atoms with van der Waals surface area (Å²) in [5, 5.41) is 2.93. The second-order valence-corrected chi connectivity index (χ2v) is 4.41. The maximum absolute atomic E-state index is 11.5. The summed E-state index contributed by atoms with van der Waals surface area (Å²) >= 11 is 0. The van der Waals surface area contributed by atoms with Gasteiger partial charge in [-0.15, -0.1) is 0 Å². The van der Waals surface area contributed by atoms with Crippen LogP contribution >= 0.6 is 0 Å². The monoisotopic (exact) mass is 218 g/mol. The first-order chi connectivity index (χ1) is 7.75. The lowest BCUT2D eigenvalue weighted by Crippen LogP contribution is -2.29. The van der Waals surface area contributed by atoms with Gasteiger partial charge in [0, 0.05) is 18.5 Å². The van der Waals surface area contributed by atoms with Crippen molar-refractivity contribution in [3.8, 4) is 0 Å². The fraction of sp³-hybridized carbons (Fsp3) is 0.462. The highest BCUT2D eigenvalue weighted by Crippen LogP contribution is 2.17. The summed E-state index contributed by atoms with van der Waals surface area (Å²) in [5.74, 6) is 0.133. The first-order valence-electron chi connectivity index (χ1n) is 5.84. The first-order valence-corrected chi connectivity index (χ1v) is 5.84. The molecule has 1 aliphatic carbocycles. The summed E-state index contributed by atoms with van der Waals surface area (Å²) < 4.78 is 0. The number of nitrogens with two attached hydrogens (primary N) is 1. The largest absolute Gasteiger partial charge is 0.352 e. The number of hydrogen-bond acceptors (Lipinski definition) is 2. The number of benzene rings is 1. The van der Waals surface area contributed by atoms with Gasteiger partial charge in [0.2, 0.25) is 5.91 Å². The predicted molar refractivity (Wildman–Crippen MR) is 63.9 cm³/mol. The molecular weight excluding hydrogens is 200 g/mol. The maximum atomic E-state index is 11.5. The van der Waals surface area contributed by atoms with Crippen LogP contribution in [0, 0.1) is 0 Å². The van der Waals surface area contributed by atoms with Crippen molar-refractivity contribution in [2.75, 3.05) is 0 Å². The van der Waals surface area contributed by atoms with Gasteiger partial charge in [0.25, 0.3) is 0 Å². The van der Waals surface area contributed by atoms with Crippen LogP contribution in [0.15, 0.2) is 30.3 Å². The van der Waals surface area contributed by atoms with E-state index in [2.05, 4.69) is 17.4 Å². The molecule has 0 aromatic heterocycles. The molecule has 3 heteroatoms. The number of rotatable bonds is 5. The minimum atomic E-state index is 0.133. The number of carbonyl (C=O) groups is 1. The van der Waals surface area contributed by atoms with Gasteiger partial charge in [0.15, 0.2) is 0 Å². The third kappa shape index (κ3) is 3.35. The fourth-order valence-electron chi connectivity index (χ4n) is 1.76. The maximum Gasteiger partial charge on any atom is 0.220 e. The van der Waals surface area contributed by atoms with Crippen molar-refractivity contribution >= 4 is 5.91 Å². The number of carbonyl (C=O) groups excluding carboxylic acids is 1. The summed E-state index contributed by atoms with van der Waals surface area (Å²) in [4.78, 5) is 11.5. The average Bonchev–Trinajstić information content (AvgIpc) is 2.95. The molecule has 0 bridgehead atoms. The Bertz CT molecular complexity index is 350. The lowest BCUT2D eigenvalue weighted by atomic mass is 10.1. The lowest BCUT2D eigenvalue weighted by Gasteiger charge is -2.03. The van der Waals surface area contributed by atoms with Crippen LogP contribution in [0.25, 0.3) is 0 Å². The zero-order valence-corrected chi connectivity index (χ0v) is 9.36. The van der Waals surface area contributed by atoms with Crippen molar-refractivity contribution in [3.63, 3.8) is 0 Å². The fourth-order valence-corrected chi connectivity index (χ4v) is 1.76. The Balaban J connectivity index is 1.62. The SMILES string of the molecule is NC1CC1NC(=O)CCCc1ccccc1. The Labute approximate surface area is 96.0 Å². The molecule has 2 unspecified atom stereocenters. The minimum Gasteiger partial charge on any atom is -0.352 e. The zero-order valence-electron chi connectivity index (χ0n) is 9.36. The molecule has 2 atom stereocenters. The van der Waals surface area contributed by atoms with E-state index < -0.39 is 0 Å². The van der Waals surface area contributed by atoms with Crippen molar-refractivity contribution in [3.05, 3.63) is 35.9 Å². The summed E-state index contributed by atoms with van der Waals surface area (Å²) in [7, 11) is 0. The van der Waals surface area contributed by atoms with Crippen molar-refractivity contribution in [2.24, 2.45) is 5.73 Å². The Kier molecular flexibility index (Phi) is 3.57. The second-order valence-electron chi connectivity index (χ2n) is 4.41. The highest BCUT2D eigenvalue weighted by Gasteiger charge is 2.34. The second kappa shape index (κ2) is 5.12. The van der Waals surface area contributed by atoms with Gasteiger partial charge in [0.05, 0.1) is 0 Å². The quantitative estimate of drug-likeness (QED) is 0.781. The molecule has 16 heavy (non-hydrogen) atoms. The molecule has 1 aromatic rings. The van der Waals surface area contributed by atoms with Gasteiger partial charge in [-0.3, -0.25) is 4.79 Å². The van der Waals surface area contributed by atoms with Crippen molar-refractivity contribution < 1.29 is 4.79 Å². The summed E-state index contributed by atoms with van der Waals surface area (Å²) in [6, 6.07) is 10.7. The van der Waals surface area contributed by atoms with Gasteiger partial charge >= 0.3 is 0 Å². The zero-order chi connectivity index (χ0) is 11.4. The van der Waals surface area contributed by atoms with Gasteiger partial charge < -0.3 is 11.1 Å². The molecule has 3 nitrogen and oxygen atoms in total. The molecule has 0 radical (unpaired) electrons. The molecule has 1 aromatic carbocycles. The van der Waals surface area contributed by atoms with E-state index in [-0.39, 0.29) is 18.0 Å². The van der Waals surface area contributed by atoms with E-state index in [1.807, 2.05) is 18.2 Å². The van der Waals surface area contributed by atoms with Gasteiger partial charge in [0.1, 0.15) is 0 Å². The van der Waals surface area contributed by atoms with Crippen LogP contribution in [-0.4, -0.2) is 18.0 Å². The standard InChI is InChI=1S/C13H18N2O/c14-11-9-12(11)15-13(16)8-4-7-10-5-2-1-3-6-10/h1-3,5-6,11-12H,4,7-9,14H2,(H,15,16). The number of nitrogens with one attached hydrogen (secondary N) is 1. The van der Waals surface area contributed by atoms with E-state index in [0.29, 0.717) is 6.42 Å². The topological polar surface area (TPSA) is 55.1 Å². The highest BCUT2D eigenvalue weighted by atomic mass is 16.1. The Hall–Kier alpha value is -1.35. The average molecular weight is 218 g/mol. The number of aryl methyl sites for hydroxylation is 1. The van der Waals surface area contributed by atoms with E-state index in [1.54, 1.807) is 0 Å². The Morgan fingerprint density at radius 3 is 2.69 bits per heavy atom. The van der Waals surface area contributed by atoms with Crippen molar-refractivity contribution in [2.45, 2.75) is 37.8 Å². The summed E-state index contributed by atoms with van der Waals surface area (Å²) in [6.07, 6.45) is 3.39. The minimum absolute atomic E-state index is 0.133. The molecule has 0 heterocycles. The first kappa shape index (κ1) is 11.1. The van der Waals surface area contributed by atoms with Gasteiger partial charge in [-0.2, -0.15) is 0 Å². The molecule has 0 aliphatic heterocycles. The predicted octanol–water partition coefficient (Wildman–Crippen LogP) is 1.23. The van der Waals surface area contributed by atoms with E-state index >= 15 is 0 Å². The third-order valence-electron chi connectivity index (χ3n) is 2.90. The van der Waals surface area contributed by atoms with Gasteiger partial charge in [-0.25, -0.2) is 0 Å². The third-order valence-corrected chi connectivity index (χ3v) is 2.90. The number of hydrogen-bond donors (Lipinski definition) is 2. The van der Waals surface area contributed by atoms with Crippen molar-refractivity contribution in [1.82, 2.24) is 5.32 Å². The van der Waals surface area contributed by atoms with Crippen LogP contribution in [0.5, 0.6) is 0 Å². The van der Waals surface area contributed by atoms with Crippen LogP contribution in [0.3, 0.4) is 0 Å². The molecule has 1 saturated carbocycles. The van der Waals surface area contributed by atoms with E-state index in [4.69, 9.17) is 5.73 Å². The smallest absolute Gasteiger partial charge is 0.220 e. The molecular formula is C13H18N2O. The molecule has 1 amide bonds. The Morgan fingerprint density at radius 2 is 2.06 bits per heavy atom. The van der Waals surface area contributed by atoms with Gasteiger partial charge in [-0.05, 0) is 24.8 Å². The summed E-state index contributed by atoms with van der Waals surface area (Å²) in [6.45, 7) is 0. The Morgan fingerprint density at radius 1 is 1.38 bits per heavy atom. The molecule has 0 saturated heterocycles. The molecule has 2 rings (SSSR count). The van der Waals surface area contributed by atoms with E-state index in [1.165, 1.54) is 5.56 Å². The van der Waals surface area contributed by atoms with Crippen LogP contribution < -0.4 is 11.1 Å². The van der Waals surface area contributed by atoms with E-state index in [0.717, 1.165) is 19.3 Å². The van der Waals surface area contributed by atoms with Gasteiger partial charge in [-0.1, -0.05) is 30.3 Å². The van der Waals surface area contributed by atoms with Crippen LogP contribution in [0.2, 0.25) is 0 Å².